The van der Waals surface area contributed by atoms with Crippen molar-refractivity contribution >= 4 is 58.0 Å². The zero-order chi connectivity index (χ0) is 19.8. The van der Waals surface area contributed by atoms with E-state index in [1.54, 1.807) is 6.20 Å². The molecule has 1 aliphatic heterocycles. The van der Waals surface area contributed by atoms with Gasteiger partial charge in [-0.1, -0.05) is 35.3 Å². The fraction of sp³-hybridized carbons (Fsp3) is 0.182. The van der Waals surface area contributed by atoms with E-state index in [0.29, 0.717) is 16.5 Å². The highest BCUT2D eigenvalue weighted by atomic mass is 35.5. The van der Waals surface area contributed by atoms with Gasteiger partial charge in [0, 0.05) is 35.6 Å². The number of carbonyl (C=O) groups excluding carboxylic acids is 1. The van der Waals surface area contributed by atoms with Crippen LogP contribution in [0.25, 0.3) is 17.0 Å². The number of aromatic nitrogens is 1. The molecule has 4 rings (SSSR count). The maximum Gasteiger partial charge on any atom is 0.244 e. The number of amides is 1. The second-order valence-electron chi connectivity index (χ2n) is 6.88. The molecule has 6 heteroatoms. The number of hydrogen-bond acceptors (Lipinski definition) is 2. The molecule has 0 bridgehead atoms. The van der Waals surface area contributed by atoms with Crippen LogP contribution in [-0.2, 0) is 17.8 Å². The molecule has 2 heterocycles. The predicted molar refractivity (Wildman–Crippen MR) is 118 cm³/mol. The predicted octanol–water partition coefficient (Wildman–Crippen LogP) is 5.80. The number of nitrogens with zero attached hydrogens (tertiary/aromatic N) is 2. The monoisotopic (exact) mass is 411 g/mol. The van der Waals surface area contributed by atoms with Crippen LogP contribution in [0.15, 0.2) is 41.5 Å². The molecule has 0 saturated carbocycles. The van der Waals surface area contributed by atoms with Crippen molar-refractivity contribution in [3.8, 4) is 0 Å². The summed E-state index contributed by atoms with van der Waals surface area (Å²) in [5, 5.41) is 4.98. The summed E-state index contributed by atoms with van der Waals surface area (Å²) in [6, 6.07) is 9.57. The van der Waals surface area contributed by atoms with Crippen molar-refractivity contribution in [1.29, 1.82) is 0 Å². The van der Waals surface area contributed by atoms with Gasteiger partial charge in [0.25, 0.3) is 0 Å². The molecular formula is C22H19Cl2N3O. The first kappa shape index (κ1) is 18.8. The average molecular weight is 412 g/mol. The molecule has 0 unspecified atom stereocenters. The zero-order valence-corrected chi connectivity index (χ0v) is 17.1. The van der Waals surface area contributed by atoms with Crippen molar-refractivity contribution in [1.82, 2.24) is 4.57 Å². The van der Waals surface area contributed by atoms with Crippen LogP contribution in [-0.4, -0.2) is 16.7 Å². The van der Waals surface area contributed by atoms with Gasteiger partial charge in [-0.15, -0.1) is 0 Å². The molecule has 1 amide bonds. The Morgan fingerprint density at radius 1 is 1.21 bits per heavy atom. The van der Waals surface area contributed by atoms with Crippen LogP contribution in [0.1, 0.15) is 22.4 Å². The van der Waals surface area contributed by atoms with Crippen molar-refractivity contribution < 1.29 is 4.79 Å². The molecule has 1 aromatic heterocycles. The molecule has 1 N–H and O–H groups in total. The van der Waals surface area contributed by atoms with Crippen molar-refractivity contribution in [3.05, 3.63) is 69.0 Å². The lowest BCUT2D eigenvalue weighted by Gasteiger charge is -2.13. The Hall–Kier alpha value is -2.56. The van der Waals surface area contributed by atoms with Gasteiger partial charge in [0.15, 0.2) is 0 Å². The maximum atomic E-state index is 12.9. The van der Waals surface area contributed by atoms with Crippen LogP contribution in [0.3, 0.4) is 0 Å². The van der Waals surface area contributed by atoms with Gasteiger partial charge in [0.1, 0.15) is 6.54 Å². The van der Waals surface area contributed by atoms with E-state index in [4.69, 9.17) is 23.2 Å². The summed E-state index contributed by atoms with van der Waals surface area (Å²) in [5.41, 5.74) is 5.95. The third-order valence-corrected chi connectivity index (χ3v) is 5.88. The van der Waals surface area contributed by atoms with E-state index in [0.717, 1.165) is 39.0 Å². The first-order valence-corrected chi connectivity index (χ1v) is 9.75. The fourth-order valence-electron chi connectivity index (χ4n) is 3.55. The summed E-state index contributed by atoms with van der Waals surface area (Å²) >= 11 is 12.5. The number of hydrogen-bond donors (Lipinski definition) is 1. The minimum absolute atomic E-state index is 0.0990. The third-order valence-electron chi connectivity index (χ3n) is 5.15. The number of fused-ring (bicyclic) bond motifs is 3. The topological polar surface area (TPSA) is 46.4 Å². The van der Waals surface area contributed by atoms with E-state index in [-0.39, 0.29) is 12.5 Å². The zero-order valence-electron chi connectivity index (χ0n) is 15.6. The second kappa shape index (κ2) is 7.46. The highest BCUT2D eigenvalue weighted by Gasteiger charge is 2.19. The minimum atomic E-state index is -0.0990. The van der Waals surface area contributed by atoms with Crippen LogP contribution < -0.4 is 5.32 Å². The largest absolute Gasteiger partial charge is 0.331 e. The molecule has 142 valence electrons. The van der Waals surface area contributed by atoms with Crippen molar-refractivity contribution in [2.45, 2.75) is 26.8 Å². The van der Waals surface area contributed by atoms with Gasteiger partial charge in [-0.2, -0.15) is 0 Å². The number of halogens is 2. The Morgan fingerprint density at radius 3 is 2.82 bits per heavy atom. The van der Waals surface area contributed by atoms with Crippen molar-refractivity contribution in [3.63, 3.8) is 0 Å². The lowest BCUT2D eigenvalue weighted by molar-refractivity contribution is -0.116. The molecule has 0 atom stereocenters. The standard InChI is InChI=1S/C22H19Cl2N3O/c1-13-4-3-5-19(14(13)2)26-22(28)12-27-20-7-9-25-8-6-15(20)16-10-17(23)18(24)11-21(16)27/h3-5,7-11H,6,12H2,1-2H3,(H,26,28). The Kier molecular flexibility index (Phi) is 5.00. The molecule has 0 radical (unpaired) electrons. The van der Waals surface area contributed by atoms with E-state index in [9.17, 15) is 4.79 Å². The maximum absolute atomic E-state index is 12.9. The van der Waals surface area contributed by atoms with Gasteiger partial charge in [0.05, 0.1) is 15.6 Å². The number of nitrogens with one attached hydrogen (secondary N) is 1. The molecule has 0 saturated heterocycles. The van der Waals surface area contributed by atoms with E-state index >= 15 is 0 Å². The van der Waals surface area contributed by atoms with Crippen molar-refractivity contribution in [2.24, 2.45) is 4.99 Å². The second-order valence-corrected chi connectivity index (χ2v) is 7.69. The molecule has 4 nitrogen and oxygen atoms in total. The van der Waals surface area contributed by atoms with E-state index in [2.05, 4.69) is 10.3 Å². The smallest absolute Gasteiger partial charge is 0.244 e. The number of carbonyl (C=O) groups is 1. The van der Waals surface area contributed by atoms with E-state index in [1.807, 2.05) is 61.0 Å². The Morgan fingerprint density at radius 2 is 2.00 bits per heavy atom. The summed E-state index contributed by atoms with van der Waals surface area (Å²) in [7, 11) is 0. The summed E-state index contributed by atoms with van der Waals surface area (Å²) in [4.78, 5) is 17.1. The molecular weight excluding hydrogens is 393 g/mol. The highest BCUT2D eigenvalue weighted by Crippen LogP contribution is 2.35. The molecule has 0 spiro atoms. The number of aliphatic imine (C=N–C) groups is 1. The number of anilines is 1. The first-order chi connectivity index (χ1) is 13.5. The Balaban J connectivity index is 1.76. The van der Waals surface area contributed by atoms with Gasteiger partial charge >= 0.3 is 0 Å². The minimum Gasteiger partial charge on any atom is -0.331 e. The molecule has 3 aromatic rings. The number of rotatable bonds is 3. The van der Waals surface area contributed by atoms with Crippen LogP contribution in [0.5, 0.6) is 0 Å². The average Bonchev–Trinajstić information content (AvgIpc) is 2.82. The van der Waals surface area contributed by atoms with Gasteiger partial charge in [-0.3, -0.25) is 9.79 Å². The van der Waals surface area contributed by atoms with Crippen LogP contribution in [0.2, 0.25) is 10.0 Å². The van der Waals surface area contributed by atoms with Crippen LogP contribution >= 0.6 is 23.2 Å². The summed E-state index contributed by atoms with van der Waals surface area (Å²) in [6.45, 7) is 4.20. The fourth-order valence-corrected chi connectivity index (χ4v) is 3.87. The third kappa shape index (κ3) is 3.34. The lowest BCUT2D eigenvalue weighted by Crippen LogP contribution is -2.20. The molecule has 28 heavy (non-hydrogen) atoms. The molecule has 1 aliphatic rings. The lowest BCUT2D eigenvalue weighted by atomic mass is 10.1. The van der Waals surface area contributed by atoms with E-state index in [1.165, 1.54) is 0 Å². The summed E-state index contributed by atoms with van der Waals surface area (Å²) in [6.07, 6.45) is 6.19. The normalized spacial score (nSPS) is 12.9. The summed E-state index contributed by atoms with van der Waals surface area (Å²) in [5.74, 6) is -0.0990. The van der Waals surface area contributed by atoms with Gasteiger partial charge in [-0.05, 0) is 54.8 Å². The SMILES string of the molecule is Cc1cccc(NC(=O)Cn2c3c(c4cc(Cl)c(Cl)cc42)CC=NC=C3)c1C. The number of benzene rings is 2. The first-order valence-electron chi connectivity index (χ1n) is 9.00. The van der Waals surface area contributed by atoms with Crippen LogP contribution in [0.4, 0.5) is 5.69 Å². The molecule has 0 aliphatic carbocycles. The summed E-state index contributed by atoms with van der Waals surface area (Å²) < 4.78 is 1.97. The Labute approximate surface area is 173 Å². The van der Waals surface area contributed by atoms with Gasteiger partial charge in [0.2, 0.25) is 5.91 Å². The molecule has 0 fully saturated rings. The van der Waals surface area contributed by atoms with Gasteiger partial charge in [-0.25, -0.2) is 0 Å². The highest BCUT2D eigenvalue weighted by molar-refractivity contribution is 6.42. The Bertz CT molecular complexity index is 1160. The van der Waals surface area contributed by atoms with E-state index < -0.39 is 0 Å². The number of aryl methyl sites for hydroxylation is 1. The van der Waals surface area contributed by atoms with Crippen LogP contribution in [0, 0.1) is 13.8 Å². The molecule has 2 aromatic carbocycles. The quantitative estimate of drug-likeness (QED) is 0.581. The van der Waals surface area contributed by atoms with Gasteiger partial charge < -0.3 is 9.88 Å². The van der Waals surface area contributed by atoms with Crippen molar-refractivity contribution in [2.75, 3.05) is 5.32 Å².